The van der Waals surface area contributed by atoms with Crippen molar-refractivity contribution in [2.75, 3.05) is 5.32 Å². The van der Waals surface area contributed by atoms with Crippen LogP contribution in [-0.4, -0.2) is 25.7 Å². The van der Waals surface area contributed by atoms with Crippen molar-refractivity contribution < 1.29 is 9.18 Å². The quantitative estimate of drug-likeness (QED) is 0.453. The highest BCUT2D eigenvalue weighted by atomic mass is 32.1. The number of halogens is 1. The van der Waals surface area contributed by atoms with Gasteiger partial charge in [0.2, 0.25) is 0 Å². The lowest BCUT2D eigenvalue weighted by atomic mass is 10.1. The fraction of sp³-hybridized carbons (Fsp3) is 0. The second kappa shape index (κ2) is 7.49. The third kappa shape index (κ3) is 3.44. The highest BCUT2D eigenvalue weighted by Crippen LogP contribution is 2.25. The summed E-state index contributed by atoms with van der Waals surface area (Å²) in [6, 6.07) is 20.6. The second-order valence-electron chi connectivity index (χ2n) is 6.53. The molecule has 0 unspecified atom stereocenters. The molecular weight excluding hydrogens is 401 g/mol. The molecule has 0 aliphatic carbocycles. The average molecular weight is 415 g/mol. The number of carbonyl (C=O) groups excluding carboxylic acids is 1. The lowest BCUT2D eigenvalue weighted by Gasteiger charge is -2.07. The Morgan fingerprint density at radius 2 is 1.83 bits per heavy atom. The van der Waals surface area contributed by atoms with Gasteiger partial charge in [-0.05, 0) is 53.9 Å². The first kappa shape index (κ1) is 18.1. The van der Waals surface area contributed by atoms with Crippen LogP contribution in [-0.2, 0) is 0 Å². The van der Waals surface area contributed by atoms with Crippen LogP contribution in [0.25, 0.3) is 27.6 Å². The summed E-state index contributed by atoms with van der Waals surface area (Å²) in [5.41, 5.74) is 3.17. The van der Waals surface area contributed by atoms with Crippen LogP contribution in [0.2, 0.25) is 0 Å². The maximum Gasteiger partial charge on any atom is 0.255 e. The van der Waals surface area contributed by atoms with Gasteiger partial charge >= 0.3 is 0 Å². The fourth-order valence-electron chi connectivity index (χ4n) is 3.06. The molecule has 146 valence electrons. The second-order valence-corrected chi connectivity index (χ2v) is 7.48. The third-order valence-corrected chi connectivity index (χ3v) is 5.40. The number of hydrogen-bond acceptors (Lipinski definition) is 5. The Bertz CT molecular complexity index is 1350. The highest BCUT2D eigenvalue weighted by Gasteiger charge is 2.12. The number of benzene rings is 2. The normalized spacial score (nSPS) is 11.0. The van der Waals surface area contributed by atoms with Crippen molar-refractivity contribution in [3.8, 4) is 22.0 Å². The first-order chi connectivity index (χ1) is 14.7. The minimum atomic E-state index is -0.449. The lowest BCUT2D eigenvalue weighted by Crippen LogP contribution is -2.11. The third-order valence-electron chi connectivity index (χ3n) is 4.53. The standard InChI is InChI=1S/C22H14FN5OS/c23-16-4-1-3-15(13-16)22(29)24-17-8-6-14(7-9-17)18-10-11-20-25-26-21(28(20)27-18)19-5-2-12-30-19/h1-13H,(H,24,29). The van der Waals surface area contributed by atoms with E-state index in [9.17, 15) is 9.18 Å². The van der Waals surface area contributed by atoms with Crippen molar-refractivity contribution in [3.63, 3.8) is 0 Å². The van der Waals surface area contributed by atoms with Crippen molar-refractivity contribution in [3.05, 3.63) is 89.6 Å². The average Bonchev–Trinajstić information content (AvgIpc) is 3.43. The monoisotopic (exact) mass is 415 g/mol. The van der Waals surface area contributed by atoms with Crippen LogP contribution in [0, 0.1) is 5.82 Å². The molecule has 0 aliphatic heterocycles. The van der Waals surface area contributed by atoms with Gasteiger partial charge in [-0.3, -0.25) is 4.79 Å². The van der Waals surface area contributed by atoms with E-state index >= 15 is 0 Å². The molecule has 0 saturated carbocycles. The molecule has 0 aliphatic rings. The first-order valence-corrected chi connectivity index (χ1v) is 9.99. The number of thiophene rings is 1. The van der Waals surface area contributed by atoms with Gasteiger partial charge in [-0.2, -0.15) is 9.61 Å². The Morgan fingerprint density at radius 1 is 0.967 bits per heavy atom. The molecule has 1 N–H and O–H groups in total. The van der Waals surface area contributed by atoms with Gasteiger partial charge in [0, 0.05) is 16.8 Å². The topological polar surface area (TPSA) is 72.2 Å². The first-order valence-electron chi connectivity index (χ1n) is 9.11. The molecule has 6 nitrogen and oxygen atoms in total. The van der Waals surface area contributed by atoms with Crippen molar-refractivity contribution >= 4 is 28.6 Å². The number of fused-ring (bicyclic) bond motifs is 1. The molecule has 0 radical (unpaired) electrons. The van der Waals surface area contributed by atoms with Crippen LogP contribution >= 0.6 is 11.3 Å². The molecule has 0 fully saturated rings. The van der Waals surface area contributed by atoms with Crippen molar-refractivity contribution in [1.29, 1.82) is 0 Å². The summed E-state index contributed by atoms with van der Waals surface area (Å²) in [6.45, 7) is 0. The summed E-state index contributed by atoms with van der Waals surface area (Å²) >= 11 is 1.58. The number of hydrogen-bond donors (Lipinski definition) is 1. The summed E-state index contributed by atoms with van der Waals surface area (Å²) in [5, 5.41) is 17.8. The van der Waals surface area contributed by atoms with E-state index in [2.05, 4.69) is 20.6 Å². The zero-order valence-corrected chi connectivity index (χ0v) is 16.3. The van der Waals surface area contributed by atoms with E-state index in [0.29, 0.717) is 17.2 Å². The minimum absolute atomic E-state index is 0.264. The van der Waals surface area contributed by atoms with Gasteiger partial charge in [-0.1, -0.05) is 24.3 Å². The van der Waals surface area contributed by atoms with Crippen LogP contribution in [0.1, 0.15) is 10.4 Å². The van der Waals surface area contributed by atoms with Gasteiger partial charge in [0.15, 0.2) is 11.5 Å². The van der Waals surface area contributed by atoms with Crippen molar-refractivity contribution in [2.24, 2.45) is 0 Å². The van der Waals surface area contributed by atoms with Gasteiger partial charge in [-0.25, -0.2) is 4.39 Å². The molecule has 3 heterocycles. The van der Waals surface area contributed by atoms with E-state index in [1.807, 2.05) is 41.8 Å². The Hall–Kier alpha value is -3.91. The SMILES string of the molecule is O=C(Nc1ccc(-c2ccc3nnc(-c4cccs4)n3n2)cc1)c1cccc(F)c1. The van der Waals surface area contributed by atoms with E-state index in [1.165, 1.54) is 18.2 Å². The molecule has 0 saturated heterocycles. The number of nitrogens with zero attached hydrogens (tertiary/aromatic N) is 4. The Morgan fingerprint density at radius 3 is 2.60 bits per heavy atom. The van der Waals surface area contributed by atoms with Crippen molar-refractivity contribution in [1.82, 2.24) is 19.8 Å². The predicted octanol–water partition coefficient (Wildman–Crippen LogP) is 4.91. The van der Waals surface area contributed by atoms with Crippen molar-refractivity contribution in [2.45, 2.75) is 0 Å². The summed E-state index contributed by atoms with van der Waals surface area (Å²) in [6.07, 6.45) is 0. The fourth-order valence-corrected chi connectivity index (χ4v) is 3.75. The van der Waals surface area contributed by atoms with E-state index < -0.39 is 5.82 Å². The van der Waals surface area contributed by atoms with Gasteiger partial charge in [-0.15, -0.1) is 21.5 Å². The number of anilines is 1. The summed E-state index contributed by atoms with van der Waals surface area (Å²) in [7, 11) is 0. The van der Waals surface area contributed by atoms with Crippen LogP contribution in [0.3, 0.4) is 0 Å². The van der Waals surface area contributed by atoms with E-state index in [4.69, 9.17) is 0 Å². The summed E-state index contributed by atoms with van der Waals surface area (Å²) < 4.78 is 15.0. The van der Waals surface area contributed by atoms with E-state index in [0.717, 1.165) is 16.1 Å². The molecule has 0 bridgehead atoms. The molecule has 30 heavy (non-hydrogen) atoms. The maximum atomic E-state index is 13.3. The molecule has 0 spiro atoms. The molecule has 5 rings (SSSR count). The Kier molecular flexibility index (Phi) is 4.53. The lowest BCUT2D eigenvalue weighted by molar-refractivity contribution is 0.102. The highest BCUT2D eigenvalue weighted by molar-refractivity contribution is 7.13. The van der Waals surface area contributed by atoms with Crippen LogP contribution in [0.5, 0.6) is 0 Å². The zero-order valence-electron chi connectivity index (χ0n) is 15.5. The molecule has 1 amide bonds. The molecule has 8 heteroatoms. The van der Waals surface area contributed by atoms with Crippen LogP contribution < -0.4 is 5.32 Å². The van der Waals surface area contributed by atoms with Gasteiger partial charge in [0.1, 0.15) is 5.82 Å². The van der Waals surface area contributed by atoms with E-state index in [1.54, 1.807) is 34.1 Å². The van der Waals surface area contributed by atoms with Crippen LogP contribution in [0.4, 0.5) is 10.1 Å². The predicted molar refractivity (Wildman–Crippen MR) is 114 cm³/mol. The van der Waals surface area contributed by atoms with E-state index in [-0.39, 0.29) is 11.5 Å². The molecular formula is C22H14FN5OS. The molecule has 3 aromatic heterocycles. The molecule has 5 aromatic rings. The maximum absolute atomic E-state index is 13.3. The minimum Gasteiger partial charge on any atom is -0.322 e. The largest absolute Gasteiger partial charge is 0.322 e. The van der Waals surface area contributed by atoms with Gasteiger partial charge in [0.05, 0.1) is 10.6 Å². The smallest absolute Gasteiger partial charge is 0.255 e. The summed E-state index contributed by atoms with van der Waals surface area (Å²) in [4.78, 5) is 13.3. The van der Waals surface area contributed by atoms with Gasteiger partial charge < -0.3 is 5.32 Å². The number of nitrogens with one attached hydrogen (secondary N) is 1. The molecule has 0 atom stereocenters. The molecule has 2 aromatic carbocycles. The number of amides is 1. The summed E-state index contributed by atoms with van der Waals surface area (Å²) in [5.74, 6) is -0.122. The number of carbonyl (C=O) groups is 1. The Labute approximate surface area is 174 Å². The number of aromatic nitrogens is 4. The number of rotatable bonds is 4. The zero-order chi connectivity index (χ0) is 20.5. The Balaban J connectivity index is 1.41. The van der Waals surface area contributed by atoms with Crippen LogP contribution in [0.15, 0.2) is 78.2 Å². The van der Waals surface area contributed by atoms with Gasteiger partial charge in [0.25, 0.3) is 5.91 Å².